The molecule has 20 heavy (non-hydrogen) atoms. The van der Waals surface area contributed by atoms with Crippen molar-refractivity contribution in [2.75, 3.05) is 24.5 Å². The number of hydrogen-bond acceptors (Lipinski definition) is 2. The van der Waals surface area contributed by atoms with Gasteiger partial charge in [-0.25, -0.2) is 8.78 Å². The van der Waals surface area contributed by atoms with Gasteiger partial charge < -0.3 is 10.2 Å². The van der Waals surface area contributed by atoms with Gasteiger partial charge in [-0.1, -0.05) is 19.9 Å². The molecule has 0 amide bonds. The summed E-state index contributed by atoms with van der Waals surface area (Å²) in [5.74, 6) is -0.312. The summed E-state index contributed by atoms with van der Waals surface area (Å²) in [5.41, 5.74) is 0.640. The van der Waals surface area contributed by atoms with Gasteiger partial charge >= 0.3 is 0 Å². The van der Waals surface area contributed by atoms with E-state index >= 15 is 0 Å². The van der Waals surface area contributed by atoms with Crippen molar-refractivity contribution in [1.82, 2.24) is 5.32 Å². The minimum Gasteiger partial charge on any atom is -0.365 e. The topological polar surface area (TPSA) is 15.3 Å². The van der Waals surface area contributed by atoms with E-state index in [1.165, 1.54) is 12.1 Å². The summed E-state index contributed by atoms with van der Waals surface area (Å²) in [6.07, 6.45) is 1.92. The van der Waals surface area contributed by atoms with Crippen molar-refractivity contribution in [3.05, 3.63) is 29.3 Å². The van der Waals surface area contributed by atoms with Crippen LogP contribution in [-0.2, 0) is 0 Å². The van der Waals surface area contributed by atoms with Crippen molar-refractivity contribution in [3.8, 4) is 0 Å². The Labute approximate surface area is 120 Å². The van der Waals surface area contributed by atoms with Crippen LogP contribution in [0.2, 0.25) is 0 Å². The third-order valence-electron chi connectivity index (χ3n) is 3.81. The molecule has 0 aliphatic carbocycles. The lowest BCUT2D eigenvalue weighted by Crippen LogP contribution is -2.39. The van der Waals surface area contributed by atoms with E-state index in [2.05, 4.69) is 19.2 Å². The molecule has 0 bridgehead atoms. The normalized spacial score (nSPS) is 20.3. The molecule has 1 saturated heterocycles. The van der Waals surface area contributed by atoms with Crippen LogP contribution in [0.5, 0.6) is 0 Å². The van der Waals surface area contributed by atoms with Crippen LogP contribution in [0.4, 0.5) is 14.5 Å². The molecule has 1 N–H and O–H groups in total. The van der Waals surface area contributed by atoms with Crippen LogP contribution >= 0.6 is 0 Å². The molecule has 4 heteroatoms. The summed E-state index contributed by atoms with van der Waals surface area (Å²) in [5, 5.41) is 3.48. The molecular weight excluding hydrogens is 258 g/mol. The standard InChI is InChI=1S/C16H24F2N2/c1-11(2)9-13-10-20(8-4-7-19-13)16-14(17)6-5-12(3)15(16)18/h5-6,11,13,19H,4,7-10H2,1-3H3. The van der Waals surface area contributed by atoms with Gasteiger partial charge in [0.25, 0.3) is 0 Å². The Hall–Kier alpha value is -1.16. The van der Waals surface area contributed by atoms with Crippen LogP contribution < -0.4 is 10.2 Å². The van der Waals surface area contributed by atoms with Gasteiger partial charge in [-0.05, 0) is 43.9 Å². The Morgan fingerprint density at radius 1 is 1.35 bits per heavy atom. The van der Waals surface area contributed by atoms with Crippen LogP contribution in [0.25, 0.3) is 0 Å². The third kappa shape index (κ3) is 3.48. The van der Waals surface area contributed by atoms with Gasteiger partial charge in [0.1, 0.15) is 11.5 Å². The Bertz CT molecular complexity index is 460. The molecule has 1 unspecified atom stereocenters. The molecule has 1 aromatic carbocycles. The summed E-state index contributed by atoms with van der Waals surface area (Å²) in [6.45, 7) is 8.28. The number of rotatable bonds is 3. The number of hydrogen-bond donors (Lipinski definition) is 1. The van der Waals surface area contributed by atoms with Crippen LogP contribution in [0.1, 0.15) is 32.3 Å². The Kier molecular flexibility index (Phi) is 4.97. The van der Waals surface area contributed by atoms with E-state index in [-0.39, 0.29) is 11.7 Å². The van der Waals surface area contributed by atoms with Gasteiger partial charge in [0.2, 0.25) is 0 Å². The zero-order valence-electron chi connectivity index (χ0n) is 12.5. The van der Waals surface area contributed by atoms with Crippen LogP contribution in [-0.4, -0.2) is 25.7 Å². The lowest BCUT2D eigenvalue weighted by Gasteiger charge is -2.28. The van der Waals surface area contributed by atoms with Crippen molar-refractivity contribution in [3.63, 3.8) is 0 Å². The maximum atomic E-state index is 14.3. The predicted octanol–water partition coefficient (Wildman–Crippen LogP) is 3.49. The second-order valence-corrected chi connectivity index (χ2v) is 6.11. The summed E-state index contributed by atoms with van der Waals surface area (Å²) < 4.78 is 28.3. The van der Waals surface area contributed by atoms with Crippen LogP contribution in [0.15, 0.2) is 12.1 Å². The van der Waals surface area contributed by atoms with Crippen molar-refractivity contribution in [1.29, 1.82) is 0 Å². The monoisotopic (exact) mass is 282 g/mol. The number of nitrogens with one attached hydrogen (secondary N) is 1. The second kappa shape index (κ2) is 6.53. The first-order valence-electron chi connectivity index (χ1n) is 7.42. The van der Waals surface area contributed by atoms with E-state index < -0.39 is 11.6 Å². The average molecular weight is 282 g/mol. The van der Waals surface area contributed by atoms with Crippen molar-refractivity contribution in [2.45, 2.75) is 39.7 Å². The lowest BCUT2D eigenvalue weighted by atomic mass is 10.0. The highest BCUT2D eigenvalue weighted by Gasteiger charge is 2.24. The summed E-state index contributed by atoms with van der Waals surface area (Å²) in [4.78, 5) is 1.87. The smallest absolute Gasteiger partial charge is 0.152 e. The largest absolute Gasteiger partial charge is 0.365 e. The minimum atomic E-state index is -0.460. The van der Waals surface area contributed by atoms with Gasteiger partial charge in [0.15, 0.2) is 5.82 Å². The Balaban J connectivity index is 2.24. The fraction of sp³-hybridized carbons (Fsp3) is 0.625. The Morgan fingerprint density at radius 3 is 2.80 bits per heavy atom. The first-order valence-corrected chi connectivity index (χ1v) is 7.42. The van der Waals surface area contributed by atoms with E-state index in [1.54, 1.807) is 6.92 Å². The van der Waals surface area contributed by atoms with E-state index in [0.29, 0.717) is 24.6 Å². The predicted molar refractivity (Wildman–Crippen MR) is 79.2 cm³/mol. The third-order valence-corrected chi connectivity index (χ3v) is 3.81. The number of benzene rings is 1. The molecule has 112 valence electrons. The molecule has 1 heterocycles. The average Bonchev–Trinajstić information content (AvgIpc) is 2.59. The molecule has 0 spiro atoms. The fourth-order valence-electron chi connectivity index (χ4n) is 2.86. The van der Waals surface area contributed by atoms with E-state index in [1.807, 2.05) is 4.90 Å². The molecule has 0 radical (unpaired) electrons. The first-order chi connectivity index (χ1) is 9.49. The molecule has 1 atom stereocenters. The van der Waals surface area contributed by atoms with E-state index in [4.69, 9.17) is 0 Å². The highest BCUT2D eigenvalue weighted by Crippen LogP contribution is 2.27. The summed E-state index contributed by atoms with van der Waals surface area (Å²) in [7, 11) is 0. The van der Waals surface area contributed by atoms with Gasteiger partial charge in [0, 0.05) is 19.1 Å². The van der Waals surface area contributed by atoms with E-state index in [0.717, 1.165) is 19.4 Å². The molecule has 0 saturated carbocycles. The maximum Gasteiger partial charge on any atom is 0.152 e. The molecular formula is C16H24F2N2. The molecule has 2 nitrogen and oxygen atoms in total. The number of aryl methyl sites for hydroxylation is 1. The first kappa shape index (κ1) is 15.2. The van der Waals surface area contributed by atoms with Gasteiger partial charge in [-0.15, -0.1) is 0 Å². The van der Waals surface area contributed by atoms with Gasteiger partial charge in [-0.2, -0.15) is 0 Å². The molecule has 1 aliphatic rings. The highest BCUT2D eigenvalue weighted by molar-refractivity contribution is 5.52. The van der Waals surface area contributed by atoms with Gasteiger partial charge in [0.05, 0.1) is 0 Å². The maximum absolute atomic E-state index is 14.3. The van der Waals surface area contributed by atoms with Crippen molar-refractivity contribution >= 4 is 5.69 Å². The van der Waals surface area contributed by atoms with Gasteiger partial charge in [-0.3, -0.25) is 0 Å². The summed E-state index contributed by atoms with van der Waals surface area (Å²) in [6, 6.07) is 3.15. The number of anilines is 1. The second-order valence-electron chi connectivity index (χ2n) is 6.11. The zero-order valence-corrected chi connectivity index (χ0v) is 12.5. The lowest BCUT2D eigenvalue weighted by molar-refractivity contribution is 0.434. The van der Waals surface area contributed by atoms with Crippen LogP contribution in [0.3, 0.4) is 0 Å². The molecule has 2 rings (SSSR count). The minimum absolute atomic E-state index is 0.141. The zero-order chi connectivity index (χ0) is 14.7. The fourth-order valence-corrected chi connectivity index (χ4v) is 2.86. The van der Waals surface area contributed by atoms with Crippen molar-refractivity contribution < 1.29 is 8.78 Å². The highest BCUT2D eigenvalue weighted by atomic mass is 19.1. The molecule has 1 fully saturated rings. The summed E-state index contributed by atoms with van der Waals surface area (Å²) >= 11 is 0. The quantitative estimate of drug-likeness (QED) is 0.913. The van der Waals surface area contributed by atoms with E-state index in [9.17, 15) is 8.78 Å². The van der Waals surface area contributed by atoms with Crippen LogP contribution in [0, 0.1) is 24.5 Å². The molecule has 1 aromatic rings. The molecule has 0 aromatic heterocycles. The Morgan fingerprint density at radius 2 is 2.10 bits per heavy atom. The molecule has 1 aliphatic heterocycles. The number of halogens is 2. The van der Waals surface area contributed by atoms with Crippen molar-refractivity contribution in [2.24, 2.45) is 5.92 Å². The number of nitrogens with zero attached hydrogens (tertiary/aromatic N) is 1. The SMILES string of the molecule is Cc1ccc(F)c(N2CCCNC(CC(C)C)C2)c1F.